The van der Waals surface area contributed by atoms with Crippen LogP contribution in [-0.4, -0.2) is 17.0 Å². The van der Waals surface area contributed by atoms with Crippen LogP contribution in [0.2, 0.25) is 0 Å². The van der Waals surface area contributed by atoms with E-state index in [0.29, 0.717) is 17.8 Å². The number of rotatable bonds is 3. The number of allylic oxidation sites excluding steroid dienone is 2. The first-order valence-electron chi connectivity index (χ1n) is 8.67. The molecule has 0 aromatic rings. The van der Waals surface area contributed by atoms with Gasteiger partial charge in [0.05, 0.1) is 12.0 Å². The molecule has 2 fully saturated rings. The van der Waals surface area contributed by atoms with Crippen molar-refractivity contribution in [3.8, 4) is 0 Å². The van der Waals surface area contributed by atoms with E-state index in [1.807, 2.05) is 0 Å². The maximum Gasteiger partial charge on any atom is 0.161 e. The van der Waals surface area contributed by atoms with Crippen molar-refractivity contribution < 1.29 is 9.90 Å². The van der Waals surface area contributed by atoms with Crippen LogP contribution in [-0.2, 0) is 4.79 Å². The summed E-state index contributed by atoms with van der Waals surface area (Å²) in [6.45, 7) is 0. The van der Waals surface area contributed by atoms with E-state index in [0.717, 1.165) is 12.8 Å². The lowest BCUT2D eigenvalue weighted by molar-refractivity contribution is -0.125. The van der Waals surface area contributed by atoms with Crippen LogP contribution < -0.4 is 0 Å². The van der Waals surface area contributed by atoms with Gasteiger partial charge in [0.25, 0.3) is 0 Å². The van der Waals surface area contributed by atoms with E-state index >= 15 is 0 Å². The molecule has 3 rings (SSSR count). The molecule has 112 valence electrons. The molecule has 1 N–H and O–H groups in total. The minimum absolute atomic E-state index is 0.124. The highest BCUT2D eigenvalue weighted by Gasteiger charge is 2.42. The van der Waals surface area contributed by atoms with Crippen molar-refractivity contribution in [3.63, 3.8) is 0 Å². The quantitative estimate of drug-likeness (QED) is 0.849. The molecule has 0 bridgehead atoms. The van der Waals surface area contributed by atoms with Crippen molar-refractivity contribution in [1.29, 1.82) is 0 Å². The van der Waals surface area contributed by atoms with Crippen molar-refractivity contribution in [2.24, 2.45) is 23.7 Å². The Morgan fingerprint density at radius 3 is 2.20 bits per heavy atom. The van der Waals surface area contributed by atoms with Crippen molar-refractivity contribution >= 4 is 5.78 Å². The van der Waals surface area contributed by atoms with Gasteiger partial charge in [0.1, 0.15) is 0 Å². The fourth-order valence-corrected chi connectivity index (χ4v) is 4.76. The summed E-state index contributed by atoms with van der Waals surface area (Å²) in [7, 11) is 0. The minimum atomic E-state index is -0.398. The molecule has 0 saturated heterocycles. The number of carbonyl (C=O) groups excluding carboxylic acids is 1. The molecule has 0 unspecified atom stereocenters. The fourth-order valence-electron chi connectivity index (χ4n) is 4.76. The Kier molecular flexibility index (Phi) is 4.60. The van der Waals surface area contributed by atoms with Crippen LogP contribution >= 0.6 is 0 Å². The molecule has 0 amide bonds. The maximum absolute atomic E-state index is 12.3. The highest BCUT2D eigenvalue weighted by Crippen LogP contribution is 2.42. The Morgan fingerprint density at radius 2 is 1.55 bits per heavy atom. The Morgan fingerprint density at radius 1 is 0.950 bits per heavy atom. The first kappa shape index (κ1) is 14.3. The molecule has 2 heteroatoms. The van der Waals surface area contributed by atoms with Crippen LogP contribution in [0.25, 0.3) is 0 Å². The lowest BCUT2D eigenvalue weighted by Gasteiger charge is -2.36. The van der Waals surface area contributed by atoms with Gasteiger partial charge in [-0.2, -0.15) is 0 Å². The third-order valence-corrected chi connectivity index (χ3v) is 5.92. The number of aliphatic hydroxyl groups is 1. The van der Waals surface area contributed by atoms with E-state index in [2.05, 4.69) is 6.08 Å². The average Bonchev–Trinajstić information content (AvgIpc) is 2.90. The van der Waals surface area contributed by atoms with E-state index in [9.17, 15) is 9.90 Å². The minimum Gasteiger partial charge on any atom is -0.392 e. The zero-order valence-electron chi connectivity index (χ0n) is 12.5. The normalized spacial score (nSPS) is 34.5. The predicted molar refractivity (Wildman–Crippen MR) is 80.3 cm³/mol. The first-order chi connectivity index (χ1) is 9.77. The topological polar surface area (TPSA) is 37.3 Å². The summed E-state index contributed by atoms with van der Waals surface area (Å²) in [5.74, 6) is 1.39. The van der Waals surface area contributed by atoms with Gasteiger partial charge in [-0.15, -0.1) is 0 Å². The molecule has 2 nitrogen and oxygen atoms in total. The summed E-state index contributed by atoms with van der Waals surface area (Å²) in [5, 5.41) is 10.8. The average molecular weight is 276 g/mol. The standard InChI is InChI=1S/C18H28O2/c19-16-12-11-15(13-7-3-1-4-8-13)17(16)18(20)14-9-5-2-6-10-14/h11-15,17-18,20H,1-10H2/t15-,17-,18+/m1/s1. The zero-order valence-corrected chi connectivity index (χ0v) is 12.5. The maximum atomic E-state index is 12.3. The smallest absolute Gasteiger partial charge is 0.161 e. The second-order valence-electron chi connectivity index (χ2n) is 7.15. The van der Waals surface area contributed by atoms with E-state index < -0.39 is 6.10 Å². The van der Waals surface area contributed by atoms with Gasteiger partial charge in [-0.25, -0.2) is 0 Å². The number of aliphatic hydroxyl groups excluding tert-OH is 1. The molecule has 0 radical (unpaired) electrons. The summed E-state index contributed by atoms with van der Waals surface area (Å²) < 4.78 is 0. The van der Waals surface area contributed by atoms with Gasteiger partial charge in [0, 0.05) is 0 Å². The Hall–Kier alpha value is -0.630. The molecular weight excluding hydrogens is 248 g/mol. The number of hydrogen-bond donors (Lipinski definition) is 1. The molecule has 0 aliphatic heterocycles. The van der Waals surface area contributed by atoms with Crippen molar-refractivity contribution in [3.05, 3.63) is 12.2 Å². The summed E-state index contributed by atoms with van der Waals surface area (Å²) in [6, 6.07) is 0. The molecular formula is C18H28O2. The summed E-state index contributed by atoms with van der Waals surface area (Å²) >= 11 is 0. The first-order valence-corrected chi connectivity index (χ1v) is 8.67. The highest BCUT2D eigenvalue weighted by molar-refractivity contribution is 5.95. The molecule has 3 atom stereocenters. The number of ketones is 1. The van der Waals surface area contributed by atoms with Gasteiger partial charge in [0.15, 0.2) is 5.78 Å². The van der Waals surface area contributed by atoms with Crippen molar-refractivity contribution in [1.82, 2.24) is 0 Å². The zero-order chi connectivity index (χ0) is 13.9. The molecule has 0 heterocycles. The van der Waals surface area contributed by atoms with Crippen LogP contribution in [0, 0.1) is 23.7 Å². The van der Waals surface area contributed by atoms with Gasteiger partial charge < -0.3 is 5.11 Å². The van der Waals surface area contributed by atoms with Crippen LogP contribution in [0.3, 0.4) is 0 Å². The van der Waals surface area contributed by atoms with Gasteiger partial charge in [-0.3, -0.25) is 4.79 Å². The fraction of sp³-hybridized carbons (Fsp3) is 0.833. The molecule has 0 spiro atoms. The van der Waals surface area contributed by atoms with Gasteiger partial charge >= 0.3 is 0 Å². The predicted octanol–water partition coefficient (Wildman–Crippen LogP) is 3.88. The SMILES string of the molecule is O=C1C=C[C@H](C2CCCCC2)[C@H]1[C@@H](O)C1CCCCC1. The molecule has 3 aliphatic carbocycles. The Bertz CT molecular complexity index is 362. The Balaban J connectivity index is 1.69. The number of carbonyl (C=O) groups is 1. The molecule has 20 heavy (non-hydrogen) atoms. The largest absolute Gasteiger partial charge is 0.392 e. The molecule has 0 aromatic heterocycles. The second kappa shape index (κ2) is 6.43. The molecule has 3 aliphatic rings. The van der Waals surface area contributed by atoms with E-state index in [1.165, 1.54) is 51.4 Å². The van der Waals surface area contributed by atoms with E-state index in [4.69, 9.17) is 0 Å². The summed E-state index contributed by atoms with van der Waals surface area (Å²) in [6.07, 6.45) is 15.9. The lowest BCUT2D eigenvalue weighted by Crippen LogP contribution is -2.39. The highest BCUT2D eigenvalue weighted by atomic mass is 16.3. The van der Waals surface area contributed by atoms with Gasteiger partial charge in [-0.1, -0.05) is 44.6 Å². The van der Waals surface area contributed by atoms with Crippen LogP contribution in [0.1, 0.15) is 64.2 Å². The summed E-state index contributed by atoms with van der Waals surface area (Å²) in [4.78, 5) is 12.3. The van der Waals surface area contributed by atoms with E-state index in [-0.39, 0.29) is 11.7 Å². The van der Waals surface area contributed by atoms with Crippen molar-refractivity contribution in [2.45, 2.75) is 70.3 Å². The second-order valence-corrected chi connectivity index (χ2v) is 7.15. The molecule has 2 saturated carbocycles. The van der Waals surface area contributed by atoms with Crippen molar-refractivity contribution in [2.75, 3.05) is 0 Å². The Labute approximate surface area is 122 Å². The monoisotopic (exact) mass is 276 g/mol. The summed E-state index contributed by atoms with van der Waals surface area (Å²) in [5.41, 5.74) is 0. The van der Waals surface area contributed by atoms with Gasteiger partial charge in [0.2, 0.25) is 0 Å². The van der Waals surface area contributed by atoms with Crippen LogP contribution in [0.4, 0.5) is 0 Å². The van der Waals surface area contributed by atoms with Crippen LogP contribution in [0.15, 0.2) is 12.2 Å². The third kappa shape index (κ3) is 2.86. The lowest BCUT2D eigenvalue weighted by atomic mass is 9.70. The third-order valence-electron chi connectivity index (χ3n) is 5.92. The molecule has 0 aromatic carbocycles. The van der Waals surface area contributed by atoms with E-state index in [1.54, 1.807) is 6.08 Å². The van der Waals surface area contributed by atoms with Gasteiger partial charge in [-0.05, 0) is 49.5 Å². The van der Waals surface area contributed by atoms with Crippen LogP contribution in [0.5, 0.6) is 0 Å². The number of hydrogen-bond acceptors (Lipinski definition) is 2.